The topological polar surface area (TPSA) is 64.1 Å². The Morgan fingerprint density at radius 2 is 2.04 bits per heavy atom. The third kappa shape index (κ3) is 4.72. The van der Waals surface area contributed by atoms with Crippen LogP contribution in [-0.4, -0.2) is 28.0 Å². The van der Waals surface area contributed by atoms with Gasteiger partial charge in [0.25, 0.3) is 0 Å². The van der Waals surface area contributed by atoms with Gasteiger partial charge in [-0.3, -0.25) is 4.79 Å². The van der Waals surface area contributed by atoms with E-state index in [1.165, 1.54) is 0 Å². The first-order valence-corrected chi connectivity index (χ1v) is 8.58. The Kier molecular flexibility index (Phi) is 5.17. The zero-order valence-electron chi connectivity index (χ0n) is 12.6. The molecule has 0 aromatic carbocycles. The number of nitrogens with one attached hydrogen (secondary N) is 1. The molecule has 0 bridgehead atoms. The van der Waals surface area contributed by atoms with Gasteiger partial charge in [-0.1, -0.05) is 0 Å². The molecular weight excluding hydrogens is 317 g/mol. The van der Waals surface area contributed by atoms with E-state index in [0.717, 1.165) is 43.6 Å². The Hall–Kier alpha value is -2.02. The first-order valence-electron chi connectivity index (χ1n) is 7.63. The second-order valence-corrected chi connectivity index (χ2v) is 6.43. The van der Waals surface area contributed by atoms with E-state index in [1.807, 2.05) is 16.8 Å². The molecule has 2 heterocycles. The molecule has 1 N–H and O–H groups in total. The highest BCUT2D eigenvalue weighted by Gasteiger charge is 2.24. The van der Waals surface area contributed by atoms with Crippen molar-refractivity contribution >= 4 is 17.2 Å². The van der Waals surface area contributed by atoms with Crippen molar-refractivity contribution < 1.29 is 13.9 Å². The summed E-state index contributed by atoms with van der Waals surface area (Å²) >= 11 is 1.60. The molecule has 1 aliphatic carbocycles. The summed E-state index contributed by atoms with van der Waals surface area (Å²) in [6, 6.07) is 2.36. The molecule has 23 heavy (non-hydrogen) atoms. The summed E-state index contributed by atoms with van der Waals surface area (Å²) in [4.78, 5) is 19.6. The number of thiophene rings is 1. The molecular formula is C16H18FN3O2S. The normalized spacial score (nSPS) is 20.9. The molecule has 2 aromatic heterocycles. The lowest BCUT2D eigenvalue weighted by molar-refractivity contribution is -0.121. The molecule has 122 valence electrons. The standard InChI is InChI=1S/C16H18FN3O2S/c17-12-8-18-16(19-9-12)22-14-3-1-13(2-4-14)20-15(21)7-11-5-6-23-10-11/h5-6,8-10,13-14H,1-4,7H2,(H,20,21). The molecule has 1 fully saturated rings. The first-order chi connectivity index (χ1) is 11.2. The Bertz CT molecular complexity index is 625. The first kappa shape index (κ1) is 15.9. The predicted octanol–water partition coefficient (Wildman–Crippen LogP) is 2.73. The van der Waals surface area contributed by atoms with Gasteiger partial charge < -0.3 is 10.1 Å². The van der Waals surface area contributed by atoms with Gasteiger partial charge in [0, 0.05) is 6.04 Å². The number of aromatic nitrogens is 2. The molecule has 1 aliphatic rings. The van der Waals surface area contributed by atoms with Crippen LogP contribution in [-0.2, 0) is 11.2 Å². The second kappa shape index (κ2) is 7.50. The summed E-state index contributed by atoms with van der Waals surface area (Å²) in [6.07, 6.45) is 6.02. The van der Waals surface area contributed by atoms with Crippen molar-refractivity contribution in [1.29, 1.82) is 0 Å². The van der Waals surface area contributed by atoms with E-state index in [4.69, 9.17) is 4.74 Å². The van der Waals surface area contributed by atoms with Gasteiger partial charge >= 0.3 is 6.01 Å². The molecule has 0 aliphatic heterocycles. The minimum absolute atomic E-state index is 0.0190. The maximum atomic E-state index is 12.8. The molecule has 1 saturated carbocycles. The summed E-state index contributed by atoms with van der Waals surface area (Å²) in [5.41, 5.74) is 1.05. The molecule has 0 saturated heterocycles. The minimum atomic E-state index is -0.477. The number of halogens is 1. The fraction of sp³-hybridized carbons (Fsp3) is 0.438. The molecule has 0 spiro atoms. The van der Waals surface area contributed by atoms with Crippen LogP contribution >= 0.6 is 11.3 Å². The van der Waals surface area contributed by atoms with E-state index in [9.17, 15) is 9.18 Å². The molecule has 5 nitrogen and oxygen atoms in total. The Morgan fingerprint density at radius 3 is 2.70 bits per heavy atom. The second-order valence-electron chi connectivity index (χ2n) is 5.65. The van der Waals surface area contributed by atoms with Crippen molar-refractivity contribution in [3.8, 4) is 6.01 Å². The van der Waals surface area contributed by atoms with Crippen molar-refractivity contribution in [2.75, 3.05) is 0 Å². The summed E-state index contributed by atoms with van der Waals surface area (Å²) in [5, 5.41) is 7.05. The van der Waals surface area contributed by atoms with Crippen LogP contribution in [0, 0.1) is 5.82 Å². The summed E-state index contributed by atoms with van der Waals surface area (Å²) in [6.45, 7) is 0. The van der Waals surface area contributed by atoms with Gasteiger partial charge in [0.05, 0.1) is 18.8 Å². The molecule has 1 amide bonds. The van der Waals surface area contributed by atoms with Gasteiger partial charge in [-0.2, -0.15) is 11.3 Å². The number of nitrogens with zero attached hydrogens (tertiary/aromatic N) is 2. The highest BCUT2D eigenvalue weighted by atomic mass is 32.1. The zero-order chi connectivity index (χ0) is 16.1. The lowest BCUT2D eigenvalue weighted by Gasteiger charge is -2.28. The van der Waals surface area contributed by atoms with Crippen LogP contribution in [0.25, 0.3) is 0 Å². The lowest BCUT2D eigenvalue weighted by atomic mass is 9.93. The lowest BCUT2D eigenvalue weighted by Crippen LogP contribution is -2.40. The van der Waals surface area contributed by atoms with Crippen LogP contribution in [0.3, 0.4) is 0 Å². The number of carbonyl (C=O) groups is 1. The quantitative estimate of drug-likeness (QED) is 0.912. The van der Waals surface area contributed by atoms with Gasteiger partial charge in [-0.25, -0.2) is 14.4 Å². The third-order valence-corrected chi connectivity index (χ3v) is 4.58. The van der Waals surface area contributed by atoms with Gasteiger partial charge in [-0.15, -0.1) is 0 Å². The predicted molar refractivity (Wildman–Crippen MR) is 84.8 cm³/mol. The van der Waals surface area contributed by atoms with Crippen LogP contribution in [0.15, 0.2) is 29.2 Å². The van der Waals surface area contributed by atoms with Crippen molar-refractivity contribution in [1.82, 2.24) is 15.3 Å². The van der Waals surface area contributed by atoms with Gasteiger partial charge in [0.2, 0.25) is 5.91 Å². The van der Waals surface area contributed by atoms with E-state index >= 15 is 0 Å². The molecule has 0 radical (unpaired) electrons. The number of rotatable bonds is 5. The smallest absolute Gasteiger partial charge is 0.316 e. The molecule has 0 unspecified atom stereocenters. The van der Waals surface area contributed by atoms with Crippen molar-refractivity contribution in [3.63, 3.8) is 0 Å². The summed E-state index contributed by atoms with van der Waals surface area (Å²) < 4.78 is 18.4. The maximum Gasteiger partial charge on any atom is 0.316 e. The Labute approximate surface area is 137 Å². The third-order valence-electron chi connectivity index (χ3n) is 3.85. The summed E-state index contributed by atoms with van der Waals surface area (Å²) in [5.74, 6) is -0.413. The maximum absolute atomic E-state index is 12.8. The SMILES string of the molecule is O=C(Cc1ccsc1)NC1CCC(Oc2ncc(F)cn2)CC1. The van der Waals surface area contributed by atoms with E-state index in [1.54, 1.807) is 11.3 Å². The zero-order valence-corrected chi connectivity index (χ0v) is 13.4. The van der Waals surface area contributed by atoms with Crippen LogP contribution < -0.4 is 10.1 Å². The van der Waals surface area contributed by atoms with Crippen molar-refractivity contribution in [2.24, 2.45) is 0 Å². The van der Waals surface area contributed by atoms with Crippen LogP contribution in [0.2, 0.25) is 0 Å². The number of hydrogen-bond acceptors (Lipinski definition) is 5. The van der Waals surface area contributed by atoms with Crippen LogP contribution in [0.4, 0.5) is 4.39 Å². The number of ether oxygens (including phenoxy) is 1. The Morgan fingerprint density at radius 1 is 1.30 bits per heavy atom. The molecule has 3 rings (SSSR count). The highest BCUT2D eigenvalue weighted by Crippen LogP contribution is 2.22. The van der Waals surface area contributed by atoms with Crippen molar-refractivity contribution in [3.05, 3.63) is 40.6 Å². The average molecular weight is 335 g/mol. The van der Waals surface area contributed by atoms with E-state index < -0.39 is 5.82 Å². The van der Waals surface area contributed by atoms with Crippen LogP contribution in [0.5, 0.6) is 6.01 Å². The number of carbonyl (C=O) groups excluding carboxylic acids is 1. The highest BCUT2D eigenvalue weighted by molar-refractivity contribution is 7.07. The average Bonchev–Trinajstić information content (AvgIpc) is 3.04. The van der Waals surface area contributed by atoms with E-state index in [2.05, 4.69) is 15.3 Å². The van der Waals surface area contributed by atoms with Crippen molar-refractivity contribution in [2.45, 2.75) is 44.2 Å². The monoisotopic (exact) mass is 335 g/mol. The fourth-order valence-electron chi connectivity index (χ4n) is 2.69. The minimum Gasteiger partial charge on any atom is -0.460 e. The van der Waals surface area contributed by atoms with Gasteiger partial charge in [-0.05, 0) is 48.1 Å². The Balaban J connectivity index is 1.41. The number of amides is 1. The van der Waals surface area contributed by atoms with Gasteiger partial charge in [0.15, 0.2) is 5.82 Å². The summed E-state index contributed by atoms with van der Waals surface area (Å²) in [7, 11) is 0. The molecule has 7 heteroatoms. The van der Waals surface area contributed by atoms with E-state index in [-0.39, 0.29) is 24.1 Å². The largest absolute Gasteiger partial charge is 0.460 e. The number of hydrogen-bond donors (Lipinski definition) is 1. The molecule has 0 atom stereocenters. The fourth-order valence-corrected chi connectivity index (χ4v) is 3.36. The van der Waals surface area contributed by atoms with E-state index in [0.29, 0.717) is 6.42 Å². The van der Waals surface area contributed by atoms with Gasteiger partial charge in [0.1, 0.15) is 6.10 Å². The molecule has 2 aromatic rings. The van der Waals surface area contributed by atoms with Crippen LogP contribution in [0.1, 0.15) is 31.2 Å².